The number of nitro benzene ring substituents is 1. The normalized spacial score (nSPS) is 10.8. The first-order valence-corrected chi connectivity index (χ1v) is 10.2. The molecular formula is C23H20ClN3O5. The van der Waals surface area contributed by atoms with Crippen molar-refractivity contribution < 1.29 is 19.1 Å². The van der Waals surface area contributed by atoms with E-state index < -0.39 is 4.92 Å². The number of hydrogen-bond donors (Lipinski definition) is 0. The second kappa shape index (κ2) is 9.57. The summed E-state index contributed by atoms with van der Waals surface area (Å²) in [7, 11) is 1.59. The fraction of sp³-hybridized carbons (Fsp3) is 0.174. The number of nitrogens with zero attached hydrogens (tertiary/aromatic N) is 3. The molecule has 164 valence electrons. The van der Waals surface area contributed by atoms with E-state index in [1.807, 2.05) is 24.3 Å². The zero-order chi connectivity index (χ0) is 22.5. The first kappa shape index (κ1) is 21.5. The highest BCUT2D eigenvalue weighted by atomic mass is 35.5. The van der Waals surface area contributed by atoms with Crippen LogP contribution in [-0.2, 0) is 6.54 Å². The molecule has 0 saturated heterocycles. The Hall–Kier alpha value is -3.78. The van der Waals surface area contributed by atoms with E-state index in [1.165, 1.54) is 12.1 Å². The molecule has 0 amide bonds. The molecule has 4 rings (SSSR count). The van der Waals surface area contributed by atoms with Gasteiger partial charge in [-0.1, -0.05) is 23.7 Å². The number of benzene rings is 3. The first-order chi connectivity index (χ1) is 15.5. The quantitative estimate of drug-likeness (QED) is 0.199. The predicted molar refractivity (Wildman–Crippen MR) is 121 cm³/mol. The van der Waals surface area contributed by atoms with E-state index in [1.54, 1.807) is 42.1 Å². The van der Waals surface area contributed by atoms with Crippen molar-refractivity contribution in [3.05, 3.63) is 87.4 Å². The van der Waals surface area contributed by atoms with E-state index in [2.05, 4.69) is 5.10 Å². The Labute approximate surface area is 189 Å². The van der Waals surface area contributed by atoms with Gasteiger partial charge in [0, 0.05) is 17.2 Å². The summed E-state index contributed by atoms with van der Waals surface area (Å²) in [6.45, 7) is 0.961. The van der Waals surface area contributed by atoms with E-state index in [-0.39, 0.29) is 12.3 Å². The van der Waals surface area contributed by atoms with Gasteiger partial charge in [-0.2, -0.15) is 0 Å². The summed E-state index contributed by atoms with van der Waals surface area (Å²) in [6, 6.07) is 19.1. The lowest BCUT2D eigenvalue weighted by atomic mass is 10.2. The minimum atomic E-state index is -0.412. The lowest BCUT2D eigenvalue weighted by Gasteiger charge is -2.07. The fourth-order valence-corrected chi connectivity index (χ4v) is 3.38. The van der Waals surface area contributed by atoms with Crippen LogP contribution in [0.4, 0.5) is 5.69 Å². The van der Waals surface area contributed by atoms with Crippen molar-refractivity contribution >= 4 is 28.2 Å². The summed E-state index contributed by atoms with van der Waals surface area (Å²) in [5.74, 6) is 1.81. The van der Waals surface area contributed by atoms with Crippen molar-refractivity contribution in [3.63, 3.8) is 0 Å². The van der Waals surface area contributed by atoms with Crippen LogP contribution in [0.25, 0.3) is 10.9 Å². The van der Waals surface area contributed by atoms with Crippen LogP contribution < -0.4 is 14.2 Å². The fourth-order valence-electron chi connectivity index (χ4n) is 3.25. The Morgan fingerprint density at radius 2 is 1.75 bits per heavy atom. The number of rotatable bonds is 9. The molecule has 0 fully saturated rings. The Morgan fingerprint density at radius 3 is 2.50 bits per heavy atom. The van der Waals surface area contributed by atoms with Crippen molar-refractivity contribution in [2.24, 2.45) is 0 Å². The van der Waals surface area contributed by atoms with Gasteiger partial charge in [0.05, 0.1) is 29.5 Å². The molecule has 4 aromatic rings. The second-order valence-electron chi connectivity index (χ2n) is 6.92. The van der Waals surface area contributed by atoms with Crippen LogP contribution in [-0.4, -0.2) is 35.0 Å². The lowest BCUT2D eigenvalue weighted by Crippen LogP contribution is -2.10. The monoisotopic (exact) mass is 453 g/mol. The maximum absolute atomic E-state index is 11.1. The van der Waals surface area contributed by atoms with Gasteiger partial charge < -0.3 is 14.2 Å². The van der Waals surface area contributed by atoms with Crippen LogP contribution in [0, 0.1) is 10.1 Å². The maximum atomic E-state index is 11.1. The van der Waals surface area contributed by atoms with E-state index in [9.17, 15) is 10.1 Å². The minimum absolute atomic E-state index is 0.0384. The third-order valence-electron chi connectivity index (χ3n) is 4.78. The van der Waals surface area contributed by atoms with Gasteiger partial charge in [-0.25, -0.2) is 0 Å². The third-order valence-corrected chi connectivity index (χ3v) is 5.03. The Morgan fingerprint density at radius 1 is 1.00 bits per heavy atom. The van der Waals surface area contributed by atoms with Gasteiger partial charge in [0.1, 0.15) is 24.7 Å². The van der Waals surface area contributed by atoms with Crippen molar-refractivity contribution in [3.8, 4) is 17.4 Å². The summed E-state index contributed by atoms with van der Waals surface area (Å²) >= 11 is 5.88. The Balaban J connectivity index is 1.53. The first-order valence-electron chi connectivity index (χ1n) is 9.82. The van der Waals surface area contributed by atoms with Crippen LogP contribution >= 0.6 is 11.6 Å². The van der Waals surface area contributed by atoms with Gasteiger partial charge in [0.15, 0.2) is 0 Å². The minimum Gasteiger partial charge on any atom is -0.497 e. The molecule has 0 bridgehead atoms. The highest BCUT2D eigenvalue weighted by Crippen LogP contribution is 2.30. The van der Waals surface area contributed by atoms with Crippen molar-refractivity contribution in [1.29, 1.82) is 0 Å². The van der Waals surface area contributed by atoms with E-state index >= 15 is 0 Å². The van der Waals surface area contributed by atoms with Gasteiger partial charge in [-0.15, -0.1) is 5.10 Å². The zero-order valence-electron chi connectivity index (χ0n) is 17.2. The summed E-state index contributed by atoms with van der Waals surface area (Å²) in [6.07, 6.45) is 0. The molecule has 0 aliphatic carbocycles. The molecular weight excluding hydrogens is 434 g/mol. The molecule has 8 nitrogen and oxygen atoms in total. The van der Waals surface area contributed by atoms with Crippen LogP contribution in [0.3, 0.4) is 0 Å². The number of non-ortho nitro benzene ring substituents is 1. The van der Waals surface area contributed by atoms with E-state index in [0.29, 0.717) is 35.6 Å². The van der Waals surface area contributed by atoms with Crippen molar-refractivity contribution in [2.45, 2.75) is 6.54 Å². The topological polar surface area (TPSA) is 88.7 Å². The van der Waals surface area contributed by atoms with Gasteiger partial charge in [0.2, 0.25) is 5.88 Å². The van der Waals surface area contributed by atoms with Crippen LogP contribution in [0.15, 0.2) is 66.7 Å². The van der Waals surface area contributed by atoms with Gasteiger partial charge >= 0.3 is 0 Å². The highest BCUT2D eigenvalue weighted by molar-refractivity contribution is 6.30. The summed E-state index contributed by atoms with van der Waals surface area (Å²) in [5, 5.41) is 17.1. The van der Waals surface area contributed by atoms with Crippen molar-refractivity contribution in [2.75, 3.05) is 20.3 Å². The molecule has 0 spiro atoms. The van der Waals surface area contributed by atoms with E-state index in [4.69, 9.17) is 25.8 Å². The molecule has 32 heavy (non-hydrogen) atoms. The summed E-state index contributed by atoms with van der Waals surface area (Å²) in [5.41, 5.74) is 1.62. The SMILES string of the molecule is COc1ccc2c(c1)c(OCCOc1ccc(Cl)cc1)nn2Cc1cccc([N+](=O)[O-])c1. The average Bonchev–Trinajstić information content (AvgIpc) is 3.14. The molecule has 0 aliphatic rings. The number of fused-ring (bicyclic) bond motifs is 1. The molecule has 3 aromatic carbocycles. The summed E-state index contributed by atoms with van der Waals surface area (Å²) < 4.78 is 18.7. The number of hydrogen-bond acceptors (Lipinski definition) is 6. The number of nitro groups is 1. The Kier molecular flexibility index (Phi) is 6.42. The maximum Gasteiger partial charge on any atom is 0.269 e. The number of ether oxygens (including phenoxy) is 3. The van der Waals surface area contributed by atoms with Crippen LogP contribution in [0.5, 0.6) is 17.4 Å². The van der Waals surface area contributed by atoms with Crippen LogP contribution in [0.2, 0.25) is 5.02 Å². The summed E-state index contributed by atoms with van der Waals surface area (Å²) in [4.78, 5) is 10.7. The molecule has 0 unspecified atom stereocenters. The number of aromatic nitrogens is 2. The lowest BCUT2D eigenvalue weighted by molar-refractivity contribution is -0.384. The highest BCUT2D eigenvalue weighted by Gasteiger charge is 2.15. The molecule has 0 atom stereocenters. The molecule has 1 aromatic heterocycles. The zero-order valence-corrected chi connectivity index (χ0v) is 18.0. The molecule has 0 radical (unpaired) electrons. The molecule has 0 N–H and O–H groups in total. The molecule has 9 heteroatoms. The third kappa shape index (κ3) is 4.92. The molecule has 0 saturated carbocycles. The largest absolute Gasteiger partial charge is 0.497 e. The number of halogens is 1. The molecule has 0 aliphatic heterocycles. The average molecular weight is 454 g/mol. The number of methoxy groups -OCH3 is 1. The molecule has 1 heterocycles. The smallest absolute Gasteiger partial charge is 0.269 e. The predicted octanol–water partition coefficient (Wildman–Crippen LogP) is 5.11. The van der Waals surface area contributed by atoms with Gasteiger partial charge in [-0.05, 0) is 48.0 Å². The standard InChI is InChI=1S/C23H20ClN3O5/c1-30-20-9-10-22-21(14-20)23(32-12-11-31-19-7-5-17(24)6-8-19)25-26(22)15-16-3-2-4-18(13-16)27(28)29/h2-10,13-14H,11-12,15H2,1H3. The van der Waals surface area contributed by atoms with Gasteiger partial charge in [0.25, 0.3) is 5.69 Å². The van der Waals surface area contributed by atoms with E-state index in [0.717, 1.165) is 16.5 Å². The Bertz CT molecular complexity index is 1240. The van der Waals surface area contributed by atoms with Gasteiger partial charge in [-0.3, -0.25) is 14.8 Å². The van der Waals surface area contributed by atoms with Crippen LogP contribution in [0.1, 0.15) is 5.56 Å². The van der Waals surface area contributed by atoms with Crippen molar-refractivity contribution in [1.82, 2.24) is 9.78 Å². The second-order valence-corrected chi connectivity index (χ2v) is 7.36.